The highest BCUT2D eigenvalue weighted by Crippen LogP contribution is 2.28. The number of rotatable bonds is 8. The van der Waals surface area contributed by atoms with Gasteiger partial charge in [-0.3, -0.25) is 4.79 Å². The van der Waals surface area contributed by atoms with Crippen molar-refractivity contribution < 1.29 is 23.8 Å². The molecule has 0 aliphatic carbocycles. The number of aryl methyl sites for hydroxylation is 1. The Hall–Kier alpha value is -3.84. The lowest BCUT2D eigenvalue weighted by Crippen LogP contribution is -2.24. The first kappa shape index (κ1) is 22.8. The predicted octanol–water partition coefficient (Wildman–Crippen LogP) is 4.41. The number of nitrogens with one attached hydrogen (secondary N) is 1. The highest BCUT2D eigenvalue weighted by molar-refractivity contribution is 6.32. The molecule has 0 atom stereocenters. The average molecular weight is 453 g/mol. The predicted molar refractivity (Wildman–Crippen MR) is 122 cm³/mol. The number of esters is 1. The van der Waals surface area contributed by atoms with Gasteiger partial charge in [-0.25, -0.2) is 10.2 Å². The Bertz CT molecular complexity index is 1130. The summed E-state index contributed by atoms with van der Waals surface area (Å²) in [5, 5.41) is 4.31. The molecule has 0 aliphatic heterocycles. The van der Waals surface area contributed by atoms with Crippen LogP contribution in [0.2, 0.25) is 5.02 Å². The van der Waals surface area contributed by atoms with Crippen LogP contribution in [0.5, 0.6) is 17.2 Å². The van der Waals surface area contributed by atoms with Crippen LogP contribution in [0, 0.1) is 6.92 Å². The maximum absolute atomic E-state index is 12.3. The van der Waals surface area contributed by atoms with Gasteiger partial charge in [-0.1, -0.05) is 41.4 Å². The molecule has 0 bridgehead atoms. The summed E-state index contributed by atoms with van der Waals surface area (Å²) < 4.78 is 16.1. The van der Waals surface area contributed by atoms with Crippen molar-refractivity contribution in [2.75, 3.05) is 13.7 Å². The number of hydrogen-bond acceptors (Lipinski definition) is 6. The Morgan fingerprint density at radius 3 is 2.47 bits per heavy atom. The molecule has 0 aromatic heterocycles. The number of halogens is 1. The number of methoxy groups -OCH3 is 1. The van der Waals surface area contributed by atoms with Crippen LogP contribution < -0.4 is 19.6 Å². The van der Waals surface area contributed by atoms with Gasteiger partial charge in [0.15, 0.2) is 18.1 Å². The summed E-state index contributed by atoms with van der Waals surface area (Å²) in [6.45, 7) is 1.70. The molecule has 164 valence electrons. The summed E-state index contributed by atoms with van der Waals surface area (Å²) in [6.07, 6.45) is 1.43. The molecule has 3 aromatic rings. The molecule has 0 aliphatic rings. The standard InChI is InChI=1S/C24H21ClN2O5/c1-16-7-10-18(11-8-16)24(29)32-21-12-9-17(13-22(21)30-2)14-26-27-23(28)15-31-20-6-4-3-5-19(20)25/h3-14H,15H2,1-2H3,(H,27,28)/b26-14-. The van der Waals surface area contributed by atoms with E-state index < -0.39 is 11.9 Å². The van der Waals surface area contributed by atoms with Crippen molar-refractivity contribution in [2.24, 2.45) is 5.10 Å². The van der Waals surface area contributed by atoms with E-state index in [2.05, 4.69) is 10.5 Å². The highest BCUT2D eigenvalue weighted by Gasteiger charge is 2.13. The third-order valence-corrected chi connectivity index (χ3v) is 4.59. The van der Waals surface area contributed by atoms with Gasteiger partial charge in [-0.05, 0) is 55.0 Å². The molecule has 3 rings (SSSR count). The number of hydrogen-bond donors (Lipinski definition) is 1. The fourth-order valence-corrected chi connectivity index (χ4v) is 2.80. The average Bonchev–Trinajstić information content (AvgIpc) is 2.79. The van der Waals surface area contributed by atoms with Crippen molar-refractivity contribution >= 4 is 29.7 Å². The van der Waals surface area contributed by atoms with Crippen molar-refractivity contribution in [3.05, 3.63) is 88.4 Å². The number of para-hydroxylation sites is 1. The van der Waals surface area contributed by atoms with Gasteiger partial charge >= 0.3 is 5.97 Å². The Labute approximate surface area is 190 Å². The van der Waals surface area contributed by atoms with Gasteiger partial charge in [-0.2, -0.15) is 5.10 Å². The highest BCUT2D eigenvalue weighted by atomic mass is 35.5. The van der Waals surface area contributed by atoms with Gasteiger partial charge in [0.05, 0.1) is 23.9 Å². The zero-order valence-electron chi connectivity index (χ0n) is 17.5. The molecule has 32 heavy (non-hydrogen) atoms. The molecule has 3 aromatic carbocycles. The number of nitrogens with zero attached hydrogens (tertiary/aromatic N) is 1. The van der Waals surface area contributed by atoms with E-state index in [4.69, 9.17) is 25.8 Å². The van der Waals surface area contributed by atoms with E-state index in [1.54, 1.807) is 54.6 Å². The Morgan fingerprint density at radius 2 is 1.75 bits per heavy atom. The number of benzene rings is 3. The molecular weight excluding hydrogens is 432 g/mol. The van der Waals surface area contributed by atoms with Gasteiger partial charge < -0.3 is 14.2 Å². The van der Waals surface area contributed by atoms with E-state index >= 15 is 0 Å². The van der Waals surface area contributed by atoms with Crippen LogP contribution in [-0.4, -0.2) is 31.8 Å². The van der Waals surface area contributed by atoms with E-state index in [0.717, 1.165) is 5.56 Å². The third-order valence-electron chi connectivity index (χ3n) is 4.28. The lowest BCUT2D eigenvalue weighted by atomic mass is 10.1. The van der Waals surface area contributed by atoms with Gasteiger partial charge in [-0.15, -0.1) is 0 Å². The second-order valence-electron chi connectivity index (χ2n) is 6.68. The summed E-state index contributed by atoms with van der Waals surface area (Å²) in [4.78, 5) is 24.2. The third kappa shape index (κ3) is 6.33. The van der Waals surface area contributed by atoms with Crippen molar-refractivity contribution in [2.45, 2.75) is 6.92 Å². The van der Waals surface area contributed by atoms with E-state index in [-0.39, 0.29) is 12.4 Å². The second kappa shape index (κ2) is 11.0. The summed E-state index contributed by atoms with van der Waals surface area (Å²) in [5.41, 5.74) is 4.48. The number of amides is 1. The fourth-order valence-electron chi connectivity index (χ4n) is 2.61. The first-order valence-corrected chi connectivity index (χ1v) is 10.00. The SMILES string of the molecule is COc1cc(/C=N\NC(=O)COc2ccccc2Cl)ccc1OC(=O)c1ccc(C)cc1. The van der Waals surface area contributed by atoms with Gasteiger partial charge in [0.2, 0.25) is 0 Å². The van der Waals surface area contributed by atoms with Crippen LogP contribution >= 0.6 is 11.6 Å². The van der Waals surface area contributed by atoms with Gasteiger partial charge in [0.25, 0.3) is 5.91 Å². The van der Waals surface area contributed by atoms with Crippen molar-refractivity contribution in [3.8, 4) is 17.2 Å². The van der Waals surface area contributed by atoms with Crippen LogP contribution in [0.1, 0.15) is 21.5 Å². The van der Waals surface area contributed by atoms with E-state index in [0.29, 0.717) is 27.6 Å². The number of carbonyl (C=O) groups is 2. The summed E-state index contributed by atoms with van der Waals surface area (Å²) >= 11 is 5.98. The smallest absolute Gasteiger partial charge is 0.343 e. The fraction of sp³-hybridized carbons (Fsp3) is 0.125. The van der Waals surface area contributed by atoms with Crippen molar-refractivity contribution in [3.63, 3.8) is 0 Å². The van der Waals surface area contributed by atoms with Gasteiger partial charge in [0.1, 0.15) is 5.75 Å². The van der Waals surface area contributed by atoms with Gasteiger partial charge in [0, 0.05) is 0 Å². The lowest BCUT2D eigenvalue weighted by molar-refractivity contribution is -0.123. The van der Waals surface area contributed by atoms with E-state index in [1.165, 1.54) is 13.3 Å². The number of ether oxygens (including phenoxy) is 3. The second-order valence-corrected chi connectivity index (χ2v) is 7.09. The molecule has 0 saturated carbocycles. The van der Waals surface area contributed by atoms with Crippen LogP contribution in [0.25, 0.3) is 0 Å². The first-order valence-electron chi connectivity index (χ1n) is 9.62. The molecule has 1 N–H and O–H groups in total. The van der Waals surface area contributed by atoms with E-state index in [1.807, 2.05) is 19.1 Å². The van der Waals surface area contributed by atoms with E-state index in [9.17, 15) is 9.59 Å². The van der Waals surface area contributed by atoms with Crippen LogP contribution in [0.3, 0.4) is 0 Å². The van der Waals surface area contributed by atoms with Crippen LogP contribution in [0.4, 0.5) is 0 Å². The zero-order valence-corrected chi connectivity index (χ0v) is 18.3. The molecule has 1 amide bonds. The Morgan fingerprint density at radius 1 is 1.00 bits per heavy atom. The molecule has 0 spiro atoms. The summed E-state index contributed by atoms with van der Waals surface area (Å²) in [6, 6.07) is 18.8. The molecule has 0 radical (unpaired) electrons. The maximum atomic E-state index is 12.3. The monoisotopic (exact) mass is 452 g/mol. The lowest BCUT2D eigenvalue weighted by Gasteiger charge is -2.10. The molecule has 0 unspecified atom stereocenters. The quantitative estimate of drug-likeness (QED) is 0.237. The zero-order chi connectivity index (χ0) is 22.9. The Kier molecular flexibility index (Phi) is 7.83. The van der Waals surface area contributed by atoms with Crippen LogP contribution in [0.15, 0.2) is 71.8 Å². The minimum absolute atomic E-state index is 0.238. The number of carbonyl (C=O) groups excluding carboxylic acids is 2. The summed E-state index contributed by atoms with van der Waals surface area (Å²) in [7, 11) is 1.47. The molecular formula is C24H21ClN2O5. The van der Waals surface area contributed by atoms with Crippen LogP contribution in [-0.2, 0) is 4.79 Å². The molecule has 8 heteroatoms. The minimum Gasteiger partial charge on any atom is -0.493 e. The largest absolute Gasteiger partial charge is 0.493 e. The molecule has 0 heterocycles. The first-order chi connectivity index (χ1) is 15.5. The number of hydrazone groups is 1. The molecule has 0 saturated heterocycles. The summed E-state index contributed by atoms with van der Waals surface area (Å²) in [5.74, 6) is 0.0938. The maximum Gasteiger partial charge on any atom is 0.343 e. The van der Waals surface area contributed by atoms with Crippen molar-refractivity contribution in [1.29, 1.82) is 0 Å². The Balaban J connectivity index is 1.57. The minimum atomic E-state index is -0.490. The topological polar surface area (TPSA) is 86.2 Å². The van der Waals surface area contributed by atoms with Crippen molar-refractivity contribution in [1.82, 2.24) is 5.43 Å². The molecule has 7 nitrogen and oxygen atoms in total. The molecule has 0 fully saturated rings. The normalized spacial score (nSPS) is 10.6.